The number of benzene rings is 1. The van der Waals surface area contributed by atoms with Crippen LogP contribution in [0.5, 0.6) is 11.6 Å². The summed E-state index contributed by atoms with van der Waals surface area (Å²) in [6.07, 6.45) is 1.47. The van der Waals surface area contributed by atoms with Gasteiger partial charge in [-0.1, -0.05) is 41.5 Å². The molecule has 0 bridgehead atoms. The van der Waals surface area contributed by atoms with E-state index in [2.05, 4.69) is 10.2 Å². The maximum absolute atomic E-state index is 6.01. The third-order valence-electron chi connectivity index (χ3n) is 2.08. The van der Waals surface area contributed by atoms with Crippen LogP contribution in [0.3, 0.4) is 0 Å². The third kappa shape index (κ3) is 2.69. The van der Waals surface area contributed by atoms with Crippen molar-refractivity contribution in [3.8, 4) is 11.6 Å². The van der Waals surface area contributed by atoms with Crippen molar-refractivity contribution in [2.75, 3.05) is 0 Å². The van der Waals surface area contributed by atoms with Crippen LogP contribution in [0.1, 0.15) is 5.56 Å². The molecule has 0 amide bonds. The second-order valence-corrected chi connectivity index (χ2v) is 4.49. The van der Waals surface area contributed by atoms with Crippen molar-refractivity contribution in [1.82, 2.24) is 10.2 Å². The van der Waals surface area contributed by atoms with E-state index in [1.807, 2.05) is 0 Å². The molecule has 2 aromatic rings. The first-order valence-electron chi connectivity index (χ1n) is 4.83. The Morgan fingerprint density at radius 3 is 2.78 bits per heavy atom. The maximum Gasteiger partial charge on any atom is 0.249 e. The minimum atomic E-state index is 0.165. The number of halogens is 2. The lowest BCUT2D eigenvalue weighted by Gasteiger charge is -2.09. The SMILES string of the molecule is NC(=S)c1ccnnc1Oc1cccc(Cl)c1Cl. The molecule has 0 saturated carbocycles. The molecule has 2 N–H and O–H groups in total. The highest BCUT2D eigenvalue weighted by molar-refractivity contribution is 7.80. The zero-order valence-corrected chi connectivity index (χ0v) is 11.3. The average Bonchev–Trinajstić information content (AvgIpc) is 2.35. The number of ether oxygens (including phenoxy) is 1. The van der Waals surface area contributed by atoms with Crippen LogP contribution in [0, 0.1) is 0 Å². The van der Waals surface area contributed by atoms with Crippen molar-refractivity contribution in [2.24, 2.45) is 5.73 Å². The van der Waals surface area contributed by atoms with Gasteiger partial charge in [0.25, 0.3) is 0 Å². The van der Waals surface area contributed by atoms with Crippen molar-refractivity contribution >= 4 is 40.4 Å². The monoisotopic (exact) mass is 299 g/mol. The van der Waals surface area contributed by atoms with E-state index in [1.165, 1.54) is 6.20 Å². The lowest BCUT2D eigenvalue weighted by atomic mass is 10.3. The fraction of sp³-hybridized carbons (Fsp3) is 0. The van der Waals surface area contributed by atoms with Gasteiger partial charge in [-0.2, -0.15) is 5.10 Å². The zero-order valence-electron chi connectivity index (χ0n) is 8.93. The highest BCUT2D eigenvalue weighted by Gasteiger charge is 2.12. The first kappa shape index (κ1) is 13.0. The number of hydrogen-bond acceptors (Lipinski definition) is 4. The second kappa shape index (κ2) is 5.48. The third-order valence-corrected chi connectivity index (χ3v) is 3.10. The van der Waals surface area contributed by atoms with Gasteiger partial charge in [-0.25, -0.2) is 0 Å². The van der Waals surface area contributed by atoms with Crippen molar-refractivity contribution in [2.45, 2.75) is 0 Å². The molecule has 7 heteroatoms. The molecule has 0 aliphatic rings. The van der Waals surface area contributed by atoms with Gasteiger partial charge >= 0.3 is 0 Å². The van der Waals surface area contributed by atoms with Gasteiger partial charge in [0.2, 0.25) is 5.88 Å². The standard InChI is InChI=1S/C11H7Cl2N3OS/c12-7-2-1-3-8(9(7)13)17-11-6(10(14)18)4-5-15-16-11/h1-5H,(H2,14,18). The molecule has 0 saturated heterocycles. The van der Waals surface area contributed by atoms with Gasteiger partial charge in [0.15, 0.2) is 0 Å². The predicted molar refractivity (Wildman–Crippen MR) is 74.5 cm³/mol. The van der Waals surface area contributed by atoms with E-state index >= 15 is 0 Å². The Bertz CT molecular complexity index is 607. The molecule has 0 spiro atoms. The summed E-state index contributed by atoms with van der Waals surface area (Å²) in [7, 11) is 0. The van der Waals surface area contributed by atoms with Crippen molar-refractivity contribution < 1.29 is 4.74 Å². The largest absolute Gasteiger partial charge is 0.435 e. The molecule has 1 aromatic carbocycles. The molecule has 18 heavy (non-hydrogen) atoms. The minimum Gasteiger partial charge on any atom is -0.435 e. The summed E-state index contributed by atoms with van der Waals surface area (Å²) in [5.74, 6) is 0.552. The number of hydrogen-bond donors (Lipinski definition) is 1. The van der Waals surface area contributed by atoms with Crippen LogP contribution in [0.25, 0.3) is 0 Å². The molecule has 0 aliphatic carbocycles. The number of nitrogens with two attached hydrogens (primary N) is 1. The summed E-state index contributed by atoms with van der Waals surface area (Å²) < 4.78 is 5.52. The van der Waals surface area contributed by atoms with E-state index in [-0.39, 0.29) is 10.9 Å². The van der Waals surface area contributed by atoms with Gasteiger partial charge in [0.05, 0.1) is 16.8 Å². The number of aromatic nitrogens is 2. The van der Waals surface area contributed by atoms with E-state index in [0.717, 1.165) is 0 Å². The smallest absolute Gasteiger partial charge is 0.249 e. The van der Waals surface area contributed by atoms with Crippen LogP contribution in [0.4, 0.5) is 0 Å². The van der Waals surface area contributed by atoms with Gasteiger partial charge in [-0.05, 0) is 18.2 Å². The van der Waals surface area contributed by atoms with Gasteiger partial charge in [-0.3, -0.25) is 0 Å². The van der Waals surface area contributed by atoms with Crippen molar-refractivity contribution in [3.05, 3.63) is 46.1 Å². The molecule has 0 radical (unpaired) electrons. The van der Waals surface area contributed by atoms with Gasteiger partial charge in [0.1, 0.15) is 15.8 Å². The summed E-state index contributed by atoms with van der Waals surface area (Å²) in [5.41, 5.74) is 6.04. The van der Waals surface area contributed by atoms with Gasteiger partial charge < -0.3 is 10.5 Å². The summed E-state index contributed by atoms with van der Waals surface area (Å²) in [5, 5.41) is 8.21. The van der Waals surface area contributed by atoms with E-state index in [1.54, 1.807) is 24.3 Å². The number of rotatable bonds is 3. The normalized spacial score (nSPS) is 10.1. The highest BCUT2D eigenvalue weighted by atomic mass is 35.5. The Hall–Kier alpha value is -1.43. The topological polar surface area (TPSA) is 61.0 Å². The summed E-state index contributed by atoms with van der Waals surface area (Å²) in [6, 6.07) is 6.64. The van der Waals surface area contributed by atoms with E-state index in [0.29, 0.717) is 21.4 Å². The van der Waals surface area contributed by atoms with Crippen molar-refractivity contribution in [3.63, 3.8) is 0 Å². The Morgan fingerprint density at radius 1 is 1.28 bits per heavy atom. The predicted octanol–water partition coefficient (Wildman–Crippen LogP) is 3.21. The van der Waals surface area contributed by atoms with Crippen LogP contribution in [0.15, 0.2) is 30.5 Å². The van der Waals surface area contributed by atoms with Crippen LogP contribution in [0.2, 0.25) is 10.0 Å². The first-order valence-corrected chi connectivity index (χ1v) is 5.99. The molecule has 0 atom stereocenters. The molecular formula is C11H7Cl2N3OS. The molecule has 1 aromatic heterocycles. The maximum atomic E-state index is 6.01. The molecule has 0 unspecified atom stereocenters. The highest BCUT2D eigenvalue weighted by Crippen LogP contribution is 2.34. The van der Waals surface area contributed by atoms with Crippen LogP contribution in [-0.4, -0.2) is 15.2 Å². The summed E-state index contributed by atoms with van der Waals surface area (Å²) >= 11 is 16.8. The van der Waals surface area contributed by atoms with Crippen LogP contribution < -0.4 is 10.5 Å². The Labute approximate surface area is 119 Å². The minimum absolute atomic E-state index is 0.165. The molecule has 4 nitrogen and oxygen atoms in total. The Kier molecular flexibility index (Phi) is 3.96. The van der Waals surface area contributed by atoms with Crippen LogP contribution >= 0.6 is 35.4 Å². The number of thiocarbonyl (C=S) groups is 1. The second-order valence-electron chi connectivity index (χ2n) is 3.27. The molecular weight excluding hydrogens is 293 g/mol. The molecule has 1 heterocycles. The average molecular weight is 300 g/mol. The molecule has 0 aliphatic heterocycles. The quantitative estimate of drug-likeness (QED) is 0.882. The van der Waals surface area contributed by atoms with E-state index < -0.39 is 0 Å². The fourth-order valence-electron chi connectivity index (χ4n) is 1.25. The Balaban J connectivity index is 2.40. The van der Waals surface area contributed by atoms with Crippen molar-refractivity contribution in [1.29, 1.82) is 0 Å². The van der Waals surface area contributed by atoms with E-state index in [9.17, 15) is 0 Å². The first-order chi connectivity index (χ1) is 8.59. The Morgan fingerprint density at radius 2 is 2.06 bits per heavy atom. The molecule has 2 rings (SSSR count). The number of nitrogens with zero attached hydrogens (tertiary/aromatic N) is 2. The van der Waals surface area contributed by atoms with Gasteiger partial charge in [-0.15, -0.1) is 5.10 Å². The fourth-order valence-corrected chi connectivity index (χ4v) is 1.73. The molecule has 92 valence electrons. The summed E-state index contributed by atoms with van der Waals surface area (Å²) in [4.78, 5) is 0.165. The zero-order chi connectivity index (χ0) is 13.1. The van der Waals surface area contributed by atoms with Gasteiger partial charge in [0, 0.05) is 0 Å². The lowest BCUT2D eigenvalue weighted by molar-refractivity contribution is 0.454. The summed E-state index contributed by atoms with van der Waals surface area (Å²) in [6.45, 7) is 0. The lowest BCUT2D eigenvalue weighted by Crippen LogP contribution is -2.12. The van der Waals surface area contributed by atoms with Crippen LogP contribution in [-0.2, 0) is 0 Å². The van der Waals surface area contributed by atoms with E-state index in [4.69, 9.17) is 45.9 Å². The molecule has 0 fully saturated rings.